The summed E-state index contributed by atoms with van der Waals surface area (Å²) in [6.45, 7) is 10.3. The number of pyridine rings is 1. The molecule has 4 nitrogen and oxygen atoms in total. The van der Waals surface area contributed by atoms with Gasteiger partial charge in [0.2, 0.25) is 11.7 Å². The van der Waals surface area contributed by atoms with Crippen LogP contribution in [-0.4, -0.2) is 9.97 Å². The van der Waals surface area contributed by atoms with Crippen molar-refractivity contribution in [3.05, 3.63) is 65.1 Å². The molecule has 5 aromatic rings. The molecule has 0 N–H and O–H groups in total. The van der Waals surface area contributed by atoms with Gasteiger partial charge in [-0.3, -0.25) is 0 Å². The molecule has 2 aromatic carbocycles. The SMILES string of the molecule is Cc1c(C)c(F)c2c(oc3nc(F)ccc32)c1-c1c2ccc(CC(C)(C)C)cc2nc[n+]1C. The molecular formula is C27H26F2N3O+. The van der Waals surface area contributed by atoms with E-state index in [1.807, 2.05) is 18.5 Å². The summed E-state index contributed by atoms with van der Waals surface area (Å²) in [5, 5.41) is 1.72. The molecule has 0 amide bonds. The monoisotopic (exact) mass is 446 g/mol. The normalized spacial score (nSPS) is 12.4. The van der Waals surface area contributed by atoms with Crippen molar-refractivity contribution in [2.75, 3.05) is 0 Å². The Bertz CT molecular complexity index is 1580. The molecule has 0 aliphatic carbocycles. The van der Waals surface area contributed by atoms with Gasteiger partial charge in [0, 0.05) is 0 Å². The van der Waals surface area contributed by atoms with E-state index < -0.39 is 5.95 Å². The number of aromatic nitrogens is 3. The van der Waals surface area contributed by atoms with Gasteiger partial charge in [-0.1, -0.05) is 26.8 Å². The zero-order valence-electron chi connectivity index (χ0n) is 19.7. The first-order valence-electron chi connectivity index (χ1n) is 11.0. The Morgan fingerprint density at radius 1 is 1.00 bits per heavy atom. The van der Waals surface area contributed by atoms with Crippen LogP contribution < -0.4 is 4.57 Å². The Morgan fingerprint density at radius 2 is 1.73 bits per heavy atom. The third kappa shape index (κ3) is 3.45. The molecule has 0 saturated heterocycles. The number of nitrogens with zero attached hydrogens (tertiary/aromatic N) is 3. The van der Waals surface area contributed by atoms with Crippen molar-refractivity contribution in [1.29, 1.82) is 0 Å². The van der Waals surface area contributed by atoms with E-state index in [1.165, 1.54) is 17.7 Å². The molecule has 3 heterocycles. The number of hydrogen-bond donors (Lipinski definition) is 0. The number of hydrogen-bond acceptors (Lipinski definition) is 3. The smallest absolute Gasteiger partial charge is 0.287 e. The van der Waals surface area contributed by atoms with Gasteiger partial charge < -0.3 is 4.42 Å². The van der Waals surface area contributed by atoms with Crippen molar-refractivity contribution >= 4 is 33.0 Å². The van der Waals surface area contributed by atoms with Gasteiger partial charge in [0.05, 0.1) is 28.8 Å². The molecule has 0 fully saturated rings. The molecular weight excluding hydrogens is 420 g/mol. The Hall–Kier alpha value is -3.41. The molecule has 168 valence electrons. The Labute approximate surface area is 190 Å². The van der Waals surface area contributed by atoms with E-state index in [2.05, 4.69) is 48.9 Å². The summed E-state index contributed by atoms with van der Waals surface area (Å²) >= 11 is 0. The molecule has 6 heteroatoms. The van der Waals surface area contributed by atoms with Crippen molar-refractivity contribution in [2.45, 2.75) is 41.0 Å². The highest BCUT2D eigenvalue weighted by atomic mass is 19.1. The molecule has 3 aromatic heterocycles. The van der Waals surface area contributed by atoms with Crippen LogP contribution in [-0.2, 0) is 13.5 Å². The fraction of sp³-hybridized carbons (Fsp3) is 0.296. The highest BCUT2D eigenvalue weighted by Crippen LogP contribution is 2.41. The third-order valence-corrected chi connectivity index (χ3v) is 6.25. The zero-order valence-corrected chi connectivity index (χ0v) is 19.7. The van der Waals surface area contributed by atoms with Crippen molar-refractivity contribution in [3.63, 3.8) is 0 Å². The predicted octanol–water partition coefficient (Wildman–Crippen LogP) is 6.50. The topological polar surface area (TPSA) is 42.8 Å². The van der Waals surface area contributed by atoms with Crippen molar-refractivity contribution in [3.8, 4) is 11.3 Å². The summed E-state index contributed by atoms with van der Waals surface area (Å²) in [6.07, 6.45) is 2.70. The van der Waals surface area contributed by atoms with Crippen LogP contribution in [0.2, 0.25) is 0 Å². The number of rotatable bonds is 2. The second kappa shape index (κ2) is 7.30. The Balaban J connectivity index is 1.88. The molecule has 0 atom stereocenters. The molecule has 0 bridgehead atoms. The maximum Gasteiger partial charge on any atom is 0.287 e. The summed E-state index contributed by atoms with van der Waals surface area (Å²) in [5.74, 6) is -1.03. The maximum atomic E-state index is 15.4. The van der Waals surface area contributed by atoms with E-state index in [9.17, 15) is 4.39 Å². The fourth-order valence-corrected chi connectivity index (χ4v) is 4.66. The number of aryl methyl sites for hydroxylation is 1. The lowest BCUT2D eigenvalue weighted by molar-refractivity contribution is -0.662. The largest absolute Gasteiger partial charge is 0.437 e. The molecule has 0 aliphatic heterocycles. The average Bonchev–Trinajstić information content (AvgIpc) is 3.10. The lowest BCUT2D eigenvalue weighted by Gasteiger charge is -2.18. The summed E-state index contributed by atoms with van der Waals surface area (Å²) < 4.78 is 37.2. The summed E-state index contributed by atoms with van der Waals surface area (Å²) in [7, 11) is 1.91. The number of furan rings is 1. The van der Waals surface area contributed by atoms with Crippen molar-refractivity contribution in [2.24, 2.45) is 12.5 Å². The highest BCUT2D eigenvalue weighted by Gasteiger charge is 2.27. The Morgan fingerprint density at radius 3 is 2.45 bits per heavy atom. The minimum Gasteiger partial charge on any atom is -0.437 e. The number of fused-ring (bicyclic) bond motifs is 4. The molecule has 0 spiro atoms. The Kier molecular flexibility index (Phi) is 4.74. The van der Waals surface area contributed by atoms with Gasteiger partial charge in [-0.05, 0) is 71.6 Å². The van der Waals surface area contributed by atoms with Gasteiger partial charge in [-0.2, -0.15) is 9.37 Å². The zero-order chi connectivity index (χ0) is 23.7. The minimum absolute atomic E-state index is 0.0867. The van der Waals surface area contributed by atoms with Crippen molar-refractivity contribution < 1.29 is 17.8 Å². The lowest BCUT2D eigenvalue weighted by Crippen LogP contribution is -2.32. The van der Waals surface area contributed by atoms with Gasteiger partial charge in [-0.25, -0.2) is 8.96 Å². The van der Waals surface area contributed by atoms with Crippen LogP contribution in [0.25, 0.3) is 44.2 Å². The van der Waals surface area contributed by atoms with Crippen LogP contribution in [0.4, 0.5) is 8.78 Å². The van der Waals surface area contributed by atoms with Crippen LogP contribution in [0.5, 0.6) is 0 Å². The van der Waals surface area contributed by atoms with Gasteiger partial charge >= 0.3 is 0 Å². The van der Waals surface area contributed by atoms with Gasteiger partial charge in [-0.15, -0.1) is 0 Å². The number of halogens is 2. The molecule has 0 aliphatic rings. The van der Waals surface area contributed by atoms with E-state index in [1.54, 1.807) is 13.3 Å². The van der Waals surface area contributed by atoms with E-state index in [0.29, 0.717) is 21.9 Å². The van der Waals surface area contributed by atoms with E-state index in [0.717, 1.165) is 34.1 Å². The second-order valence-electron chi connectivity index (χ2n) is 10.0. The standard InChI is InChI=1S/C27H26F2N3O/c1-14-15(2)23(29)22-18-9-10-20(28)31-26(18)33-25(22)21(14)24-17-8-7-16(12-27(3,4)5)11-19(17)30-13-32(24)6/h7-11,13H,12H2,1-6H3/q+1. The fourth-order valence-electron chi connectivity index (χ4n) is 4.66. The lowest BCUT2D eigenvalue weighted by atomic mass is 9.87. The molecule has 0 unspecified atom stereocenters. The third-order valence-electron chi connectivity index (χ3n) is 6.25. The van der Waals surface area contributed by atoms with E-state index in [-0.39, 0.29) is 16.9 Å². The van der Waals surface area contributed by atoms with Crippen LogP contribution in [0.15, 0.2) is 41.1 Å². The highest BCUT2D eigenvalue weighted by molar-refractivity contribution is 6.11. The van der Waals surface area contributed by atoms with Crippen molar-refractivity contribution in [1.82, 2.24) is 9.97 Å². The van der Waals surface area contributed by atoms with Crippen LogP contribution >= 0.6 is 0 Å². The summed E-state index contributed by atoms with van der Waals surface area (Å²) in [5.41, 5.74) is 5.61. The summed E-state index contributed by atoms with van der Waals surface area (Å²) in [6, 6.07) is 9.06. The average molecular weight is 447 g/mol. The van der Waals surface area contributed by atoms with Crippen LogP contribution in [0.1, 0.15) is 37.5 Å². The van der Waals surface area contributed by atoms with Gasteiger partial charge in [0.25, 0.3) is 6.33 Å². The maximum absolute atomic E-state index is 15.4. The summed E-state index contributed by atoms with van der Waals surface area (Å²) in [4.78, 5) is 8.52. The second-order valence-corrected chi connectivity index (χ2v) is 10.0. The minimum atomic E-state index is -0.664. The van der Waals surface area contributed by atoms with E-state index in [4.69, 9.17) is 4.42 Å². The quantitative estimate of drug-likeness (QED) is 0.229. The molecule has 0 radical (unpaired) electrons. The molecule has 5 rings (SSSR count). The van der Waals surface area contributed by atoms with Gasteiger partial charge in [0.15, 0.2) is 11.1 Å². The first-order valence-corrected chi connectivity index (χ1v) is 11.0. The van der Waals surface area contributed by atoms with Crippen LogP contribution in [0, 0.1) is 31.0 Å². The first-order chi connectivity index (χ1) is 15.5. The molecule has 33 heavy (non-hydrogen) atoms. The van der Waals surface area contributed by atoms with Crippen LogP contribution in [0.3, 0.4) is 0 Å². The van der Waals surface area contributed by atoms with Gasteiger partial charge in [0.1, 0.15) is 11.5 Å². The van der Waals surface area contributed by atoms with E-state index >= 15 is 4.39 Å². The first kappa shape index (κ1) is 21.4. The number of benzene rings is 2. The predicted molar refractivity (Wildman–Crippen MR) is 126 cm³/mol. The molecule has 0 saturated carbocycles.